The molecule has 1 aromatic carbocycles. The molecule has 1 amide bonds. The van der Waals surface area contributed by atoms with Crippen molar-refractivity contribution in [2.24, 2.45) is 0 Å². The van der Waals surface area contributed by atoms with Crippen molar-refractivity contribution in [3.63, 3.8) is 0 Å². The minimum atomic E-state index is -0.0606. The number of hydrogen-bond donors (Lipinski definition) is 3. The Morgan fingerprint density at radius 3 is 2.75 bits per heavy atom. The van der Waals surface area contributed by atoms with Crippen LogP contribution in [0.3, 0.4) is 0 Å². The van der Waals surface area contributed by atoms with Gasteiger partial charge in [-0.25, -0.2) is 0 Å². The quantitative estimate of drug-likeness (QED) is 0.331. The van der Waals surface area contributed by atoms with Gasteiger partial charge in [0.25, 0.3) is 5.91 Å². The highest BCUT2D eigenvalue weighted by Crippen LogP contribution is 2.26. The summed E-state index contributed by atoms with van der Waals surface area (Å²) in [4.78, 5) is 21.2. The van der Waals surface area contributed by atoms with Crippen molar-refractivity contribution >= 4 is 16.8 Å². The molecule has 1 atom stereocenters. The Hall–Kier alpha value is -3.58. The van der Waals surface area contributed by atoms with Crippen LogP contribution in [0, 0.1) is 0 Å². The van der Waals surface area contributed by atoms with Crippen LogP contribution < -0.4 is 10.6 Å². The number of hydrogen-bond acceptors (Lipinski definition) is 5. The van der Waals surface area contributed by atoms with Crippen LogP contribution in [0.5, 0.6) is 0 Å². The number of carbonyl (C=O) groups is 1. The van der Waals surface area contributed by atoms with E-state index in [1.807, 2.05) is 54.7 Å². The molecule has 0 aliphatic heterocycles. The number of benzene rings is 1. The average molecular weight is 429 g/mol. The van der Waals surface area contributed by atoms with Crippen molar-refractivity contribution in [3.05, 3.63) is 78.4 Å². The van der Waals surface area contributed by atoms with Crippen molar-refractivity contribution in [2.75, 3.05) is 6.54 Å². The first-order valence-electron chi connectivity index (χ1n) is 11.0. The minimum absolute atomic E-state index is 0.0606. The molecule has 0 fully saturated rings. The first-order valence-corrected chi connectivity index (χ1v) is 11.0. The van der Waals surface area contributed by atoms with Crippen LogP contribution in [0.2, 0.25) is 0 Å². The number of carbonyl (C=O) groups excluding carboxylic acids is 1. The molecular weight excluding hydrogens is 400 g/mol. The zero-order valence-electron chi connectivity index (χ0n) is 18.2. The summed E-state index contributed by atoms with van der Waals surface area (Å²) >= 11 is 0. The fourth-order valence-corrected chi connectivity index (χ4v) is 3.68. The summed E-state index contributed by atoms with van der Waals surface area (Å²) in [6.07, 6.45) is 8.33. The number of unbranched alkanes of at least 4 members (excludes halogenated alkanes) is 1. The summed E-state index contributed by atoms with van der Waals surface area (Å²) in [6, 6.07) is 15.5. The van der Waals surface area contributed by atoms with Gasteiger partial charge in [0, 0.05) is 47.7 Å². The second-order valence-electron chi connectivity index (χ2n) is 7.94. The number of nitrogens with zero attached hydrogens (tertiary/aromatic N) is 3. The van der Waals surface area contributed by atoms with Gasteiger partial charge in [-0.1, -0.05) is 12.5 Å². The molecule has 7 nitrogen and oxygen atoms in total. The van der Waals surface area contributed by atoms with Crippen molar-refractivity contribution in [2.45, 2.75) is 38.8 Å². The van der Waals surface area contributed by atoms with Gasteiger partial charge in [0.15, 0.2) is 0 Å². The molecule has 0 bridgehead atoms. The SMILES string of the molecule is CC(CCCCNCc1ccccn1)NC(=O)c1ccc2[nH]nc(-c3ccncc3)c2c1. The molecule has 3 heterocycles. The standard InChI is InChI=1S/C25H28N6O/c1-18(6-2-4-12-27-17-21-7-3-5-13-28-21)29-25(32)20-8-9-23-22(16-20)24(31-30-23)19-10-14-26-15-11-19/h3,5,7-11,13-16,18,27H,2,4,6,12,17H2,1H3,(H,29,32)(H,30,31). The highest BCUT2D eigenvalue weighted by molar-refractivity contribution is 6.01. The third-order valence-electron chi connectivity index (χ3n) is 5.43. The Morgan fingerprint density at radius 2 is 1.94 bits per heavy atom. The number of aromatic nitrogens is 4. The molecule has 4 aromatic rings. The summed E-state index contributed by atoms with van der Waals surface area (Å²) in [5, 5.41) is 14.9. The molecule has 0 saturated carbocycles. The molecule has 1 unspecified atom stereocenters. The topological polar surface area (TPSA) is 95.6 Å². The van der Waals surface area contributed by atoms with Gasteiger partial charge in [-0.3, -0.25) is 19.9 Å². The van der Waals surface area contributed by atoms with Crippen molar-refractivity contribution in [1.82, 2.24) is 30.8 Å². The molecular formula is C25H28N6O. The normalized spacial score (nSPS) is 12.0. The fraction of sp³-hybridized carbons (Fsp3) is 0.280. The lowest BCUT2D eigenvalue weighted by Gasteiger charge is -2.14. The molecule has 0 aliphatic carbocycles. The molecule has 0 aliphatic rings. The van der Waals surface area contributed by atoms with E-state index in [2.05, 4.69) is 37.7 Å². The predicted molar refractivity (Wildman–Crippen MR) is 126 cm³/mol. The molecule has 3 N–H and O–H groups in total. The zero-order chi connectivity index (χ0) is 22.2. The summed E-state index contributed by atoms with van der Waals surface area (Å²) < 4.78 is 0. The van der Waals surface area contributed by atoms with E-state index in [0.717, 1.165) is 60.2 Å². The van der Waals surface area contributed by atoms with E-state index in [1.54, 1.807) is 12.4 Å². The van der Waals surface area contributed by atoms with Gasteiger partial charge >= 0.3 is 0 Å². The molecule has 3 aromatic heterocycles. The van der Waals surface area contributed by atoms with Crippen LogP contribution in [-0.2, 0) is 6.54 Å². The van der Waals surface area contributed by atoms with E-state index in [9.17, 15) is 4.79 Å². The third-order valence-corrected chi connectivity index (χ3v) is 5.43. The first kappa shape index (κ1) is 21.6. The average Bonchev–Trinajstić information content (AvgIpc) is 3.26. The van der Waals surface area contributed by atoms with E-state index < -0.39 is 0 Å². The maximum atomic E-state index is 12.8. The third kappa shape index (κ3) is 5.56. The van der Waals surface area contributed by atoms with Gasteiger partial charge in [0.1, 0.15) is 5.69 Å². The highest BCUT2D eigenvalue weighted by atomic mass is 16.1. The van der Waals surface area contributed by atoms with E-state index in [4.69, 9.17) is 0 Å². The van der Waals surface area contributed by atoms with Crippen molar-refractivity contribution in [1.29, 1.82) is 0 Å². The second kappa shape index (κ2) is 10.6. The van der Waals surface area contributed by atoms with Crippen LogP contribution in [-0.4, -0.2) is 38.7 Å². The van der Waals surface area contributed by atoms with E-state index >= 15 is 0 Å². The van der Waals surface area contributed by atoms with Crippen LogP contribution in [0.1, 0.15) is 42.2 Å². The molecule has 4 rings (SSSR count). The van der Waals surface area contributed by atoms with Gasteiger partial charge in [0.2, 0.25) is 0 Å². The van der Waals surface area contributed by atoms with Crippen LogP contribution in [0.4, 0.5) is 0 Å². The minimum Gasteiger partial charge on any atom is -0.350 e. The maximum absolute atomic E-state index is 12.8. The van der Waals surface area contributed by atoms with Gasteiger partial charge in [-0.05, 0) is 68.8 Å². The largest absolute Gasteiger partial charge is 0.350 e. The Balaban J connectivity index is 1.26. The summed E-state index contributed by atoms with van der Waals surface area (Å²) in [7, 11) is 0. The Bertz CT molecular complexity index is 1140. The van der Waals surface area contributed by atoms with Crippen molar-refractivity contribution in [3.8, 4) is 11.3 Å². The lowest BCUT2D eigenvalue weighted by Crippen LogP contribution is -2.32. The van der Waals surface area contributed by atoms with Crippen LogP contribution >= 0.6 is 0 Å². The van der Waals surface area contributed by atoms with Crippen LogP contribution in [0.25, 0.3) is 22.2 Å². The van der Waals surface area contributed by atoms with E-state index in [1.165, 1.54) is 0 Å². The van der Waals surface area contributed by atoms with Gasteiger partial charge in [0.05, 0.1) is 11.2 Å². The molecule has 164 valence electrons. The Kier molecular flexibility index (Phi) is 7.19. The number of rotatable bonds is 10. The summed E-state index contributed by atoms with van der Waals surface area (Å²) in [5.74, 6) is -0.0606. The highest BCUT2D eigenvalue weighted by Gasteiger charge is 2.14. The maximum Gasteiger partial charge on any atom is 0.251 e. The molecule has 0 spiro atoms. The van der Waals surface area contributed by atoms with E-state index in [0.29, 0.717) is 5.56 Å². The van der Waals surface area contributed by atoms with Crippen molar-refractivity contribution < 1.29 is 4.79 Å². The number of H-pyrrole nitrogens is 1. The smallest absolute Gasteiger partial charge is 0.251 e. The summed E-state index contributed by atoms with van der Waals surface area (Å²) in [5.41, 5.74) is 4.38. The number of amides is 1. The lowest BCUT2D eigenvalue weighted by atomic mass is 10.1. The number of nitrogens with one attached hydrogen (secondary N) is 3. The van der Waals surface area contributed by atoms with Gasteiger partial charge in [-0.15, -0.1) is 0 Å². The molecule has 0 radical (unpaired) electrons. The predicted octanol–water partition coefficient (Wildman–Crippen LogP) is 4.10. The Labute approximate surface area is 187 Å². The molecule has 32 heavy (non-hydrogen) atoms. The first-order chi connectivity index (χ1) is 15.7. The second-order valence-corrected chi connectivity index (χ2v) is 7.94. The zero-order valence-corrected chi connectivity index (χ0v) is 18.2. The number of aromatic amines is 1. The fourth-order valence-electron chi connectivity index (χ4n) is 3.68. The monoisotopic (exact) mass is 428 g/mol. The van der Waals surface area contributed by atoms with E-state index in [-0.39, 0.29) is 11.9 Å². The number of pyridine rings is 2. The van der Waals surface area contributed by atoms with Crippen LogP contribution in [0.15, 0.2) is 67.1 Å². The Morgan fingerprint density at radius 1 is 1.06 bits per heavy atom. The molecule has 0 saturated heterocycles. The number of fused-ring (bicyclic) bond motifs is 1. The lowest BCUT2D eigenvalue weighted by molar-refractivity contribution is 0.0938. The van der Waals surface area contributed by atoms with Gasteiger partial charge < -0.3 is 10.6 Å². The molecule has 7 heteroatoms. The van der Waals surface area contributed by atoms with Gasteiger partial charge in [-0.2, -0.15) is 5.10 Å². The summed E-state index contributed by atoms with van der Waals surface area (Å²) in [6.45, 7) is 3.77.